The molecule has 3 aromatic heterocycles. The van der Waals surface area contributed by atoms with Crippen LogP contribution in [-0.4, -0.2) is 31.5 Å². The van der Waals surface area contributed by atoms with Crippen molar-refractivity contribution < 1.29 is 0 Å². The van der Waals surface area contributed by atoms with Gasteiger partial charge in [-0.15, -0.1) is 0 Å². The third kappa shape index (κ3) is 3.07. The molecule has 0 amide bonds. The quantitative estimate of drug-likeness (QED) is 0.642. The molecule has 7 heteroatoms. The Bertz CT molecular complexity index is 708. The molecule has 3 N–H and O–H groups in total. The summed E-state index contributed by atoms with van der Waals surface area (Å²) in [6.45, 7) is 3.60. The number of nitrogens with one attached hydrogen (secondary N) is 3. The smallest absolute Gasteiger partial charge is 0.226 e. The van der Waals surface area contributed by atoms with Crippen molar-refractivity contribution in [2.75, 3.05) is 17.2 Å². The van der Waals surface area contributed by atoms with Crippen LogP contribution in [0.4, 0.5) is 11.8 Å². The van der Waals surface area contributed by atoms with Gasteiger partial charge in [0.15, 0.2) is 11.5 Å². The second-order valence-corrected chi connectivity index (χ2v) is 4.63. The fourth-order valence-corrected chi connectivity index (χ4v) is 1.96. The minimum Gasteiger partial charge on any atom is -0.364 e. The van der Waals surface area contributed by atoms with Crippen LogP contribution >= 0.6 is 0 Å². The highest BCUT2D eigenvalue weighted by molar-refractivity contribution is 5.83. The minimum atomic E-state index is 0.591. The normalized spacial score (nSPS) is 10.7. The summed E-state index contributed by atoms with van der Waals surface area (Å²) in [5.74, 6) is 1.33. The molecule has 0 aromatic carbocycles. The fourth-order valence-electron chi connectivity index (χ4n) is 1.96. The summed E-state index contributed by atoms with van der Waals surface area (Å²) in [7, 11) is 0. The Morgan fingerprint density at radius 1 is 1.14 bits per heavy atom. The summed E-state index contributed by atoms with van der Waals surface area (Å²) in [6.07, 6.45) is 6.19. The first-order valence-electron chi connectivity index (χ1n) is 6.94. The topological polar surface area (TPSA) is 91.4 Å². The van der Waals surface area contributed by atoms with Gasteiger partial charge in [0.05, 0.1) is 6.33 Å². The van der Waals surface area contributed by atoms with Crippen LogP contribution in [0.5, 0.6) is 0 Å². The summed E-state index contributed by atoms with van der Waals surface area (Å²) in [4.78, 5) is 20.2. The SMILES string of the molecule is CCCNc1nc(NCc2ccncc2)c2[nH]cnc2n1. The van der Waals surface area contributed by atoms with E-state index in [1.54, 1.807) is 18.7 Å². The Labute approximate surface area is 122 Å². The van der Waals surface area contributed by atoms with Crippen molar-refractivity contribution in [2.24, 2.45) is 0 Å². The maximum Gasteiger partial charge on any atom is 0.226 e. The largest absolute Gasteiger partial charge is 0.364 e. The Morgan fingerprint density at radius 3 is 2.81 bits per heavy atom. The molecule has 3 rings (SSSR count). The number of pyridine rings is 1. The highest BCUT2D eigenvalue weighted by Crippen LogP contribution is 2.19. The van der Waals surface area contributed by atoms with Gasteiger partial charge in [0, 0.05) is 25.5 Å². The predicted molar refractivity (Wildman–Crippen MR) is 82.0 cm³/mol. The lowest BCUT2D eigenvalue weighted by Crippen LogP contribution is -2.08. The molecule has 0 bridgehead atoms. The van der Waals surface area contributed by atoms with E-state index in [1.807, 2.05) is 12.1 Å². The molecule has 0 aliphatic carbocycles. The van der Waals surface area contributed by atoms with Gasteiger partial charge in [0.1, 0.15) is 5.52 Å². The van der Waals surface area contributed by atoms with E-state index in [0.717, 1.165) is 29.9 Å². The molecule has 7 nitrogen and oxygen atoms in total. The molecule has 0 unspecified atom stereocenters. The van der Waals surface area contributed by atoms with Crippen molar-refractivity contribution in [3.63, 3.8) is 0 Å². The summed E-state index contributed by atoms with van der Waals surface area (Å²) in [6, 6.07) is 3.93. The van der Waals surface area contributed by atoms with E-state index in [-0.39, 0.29) is 0 Å². The number of fused-ring (bicyclic) bond motifs is 1. The van der Waals surface area contributed by atoms with Gasteiger partial charge in [-0.05, 0) is 24.1 Å². The summed E-state index contributed by atoms with van der Waals surface area (Å²) in [5, 5.41) is 6.51. The number of H-pyrrole nitrogens is 1. The number of imidazole rings is 1. The molecule has 0 spiro atoms. The van der Waals surface area contributed by atoms with E-state index < -0.39 is 0 Å². The fraction of sp³-hybridized carbons (Fsp3) is 0.286. The summed E-state index contributed by atoms with van der Waals surface area (Å²) < 4.78 is 0. The van der Waals surface area contributed by atoms with E-state index in [0.29, 0.717) is 18.1 Å². The lowest BCUT2D eigenvalue weighted by molar-refractivity contribution is 0.954. The Kier molecular flexibility index (Phi) is 3.90. The van der Waals surface area contributed by atoms with Crippen LogP contribution in [0, 0.1) is 0 Å². The molecule has 3 aromatic rings. The van der Waals surface area contributed by atoms with Gasteiger partial charge < -0.3 is 15.6 Å². The van der Waals surface area contributed by atoms with Crippen LogP contribution in [0.1, 0.15) is 18.9 Å². The highest BCUT2D eigenvalue weighted by Gasteiger charge is 2.09. The number of hydrogen-bond donors (Lipinski definition) is 3. The van der Waals surface area contributed by atoms with Crippen molar-refractivity contribution in [3.05, 3.63) is 36.4 Å². The lowest BCUT2D eigenvalue weighted by atomic mass is 10.3. The lowest BCUT2D eigenvalue weighted by Gasteiger charge is -2.09. The zero-order valence-electron chi connectivity index (χ0n) is 11.8. The molecule has 0 atom stereocenters. The second-order valence-electron chi connectivity index (χ2n) is 4.63. The van der Waals surface area contributed by atoms with Gasteiger partial charge in [-0.1, -0.05) is 6.92 Å². The minimum absolute atomic E-state index is 0.591. The summed E-state index contributed by atoms with van der Waals surface area (Å²) >= 11 is 0. The van der Waals surface area contributed by atoms with Crippen LogP contribution in [0.2, 0.25) is 0 Å². The number of nitrogens with zero attached hydrogens (tertiary/aromatic N) is 4. The first kappa shape index (κ1) is 13.3. The number of aromatic amines is 1. The maximum absolute atomic E-state index is 4.51. The van der Waals surface area contributed by atoms with Crippen molar-refractivity contribution >= 4 is 22.9 Å². The number of rotatable bonds is 6. The molecular formula is C14H17N7. The maximum atomic E-state index is 4.51. The van der Waals surface area contributed by atoms with Crippen LogP contribution < -0.4 is 10.6 Å². The van der Waals surface area contributed by atoms with Crippen molar-refractivity contribution in [2.45, 2.75) is 19.9 Å². The highest BCUT2D eigenvalue weighted by atomic mass is 15.2. The standard InChI is InChI=1S/C14H17N7/c1-2-5-16-14-20-12(11-13(21-14)19-9-18-11)17-8-10-3-6-15-7-4-10/h3-4,6-7,9H,2,5,8H2,1H3,(H3,16,17,18,19,20,21). The zero-order chi connectivity index (χ0) is 14.5. The molecule has 0 radical (unpaired) electrons. The number of hydrogen-bond acceptors (Lipinski definition) is 6. The molecule has 0 saturated heterocycles. The van der Waals surface area contributed by atoms with E-state index in [1.165, 1.54) is 0 Å². The van der Waals surface area contributed by atoms with E-state index in [2.05, 4.69) is 42.5 Å². The van der Waals surface area contributed by atoms with E-state index >= 15 is 0 Å². The predicted octanol–water partition coefficient (Wildman–Crippen LogP) is 2.18. The molecule has 108 valence electrons. The summed E-state index contributed by atoms with van der Waals surface area (Å²) in [5.41, 5.74) is 2.60. The van der Waals surface area contributed by atoms with Gasteiger partial charge >= 0.3 is 0 Å². The Hall–Kier alpha value is -2.70. The van der Waals surface area contributed by atoms with Crippen LogP contribution in [0.25, 0.3) is 11.2 Å². The van der Waals surface area contributed by atoms with Crippen molar-refractivity contribution in [1.29, 1.82) is 0 Å². The van der Waals surface area contributed by atoms with Crippen LogP contribution in [0.15, 0.2) is 30.9 Å². The third-order valence-electron chi connectivity index (χ3n) is 3.03. The van der Waals surface area contributed by atoms with Crippen molar-refractivity contribution in [3.8, 4) is 0 Å². The number of anilines is 2. The molecule has 21 heavy (non-hydrogen) atoms. The zero-order valence-corrected chi connectivity index (χ0v) is 11.8. The van der Waals surface area contributed by atoms with E-state index in [4.69, 9.17) is 0 Å². The molecular weight excluding hydrogens is 266 g/mol. The first-order chi connectivity index (χ1) is 10.4. The van der Waals surface area contributed by atoms with Gasteiger partial charge in [0.2, 0.25) is 5.95 Å². The van der Waals surface area contributed by atoms with Crippen LogP contribution in [-0.2, 0) is 6.54 Å². The van der Waals surface area contributed by atoms with Gasteiger partial charge in [-0.3, -0.25) is 4.98 Å². The molecule has 0 saturated carbocycles. The monoisotopic (exact) mass is 283 g/mol. The molecule has 3 heterocycles. The second kappa shape index (κ2) is 6.17. The van der Waals surface area contributed by atoms with Crippen LogP contribution in [0.3, 0.4) is 0 Å². The average molecular weight is 283 g/mol. The third-order valence-corrected chi connectivity index (χ3v) is 3.03. The molecule has 0 fully saturated rings. The van der Waals surface area contributed by atoms with E-state index in [9.17, 15) is 0 Å². The van der Waals surface area contributed by atoms with Gasteiger partial charge in [-0.25, -0.2) is 4.98 Å². The average Bonchev–Trinajstić information content (AvgIpc) is 3.00. The number of aromatic nitrogens is 5. The van der Waals surface area contributed by atoms with Gasteiger partial charge in [0.25, 0.3) is 0 Å². The van der Waals surface area contributed by atoms with Gasteiger partial charge in [-0.2, -0.15) is 9.97 Å². The Morgan fingerprint density at radius 2 is 2.00 bits per heavy atom. The Balaban J connectivity index is 1.83. The first-order valence-corrected chi connectivity index (χ1v) is 6.94. The molecule has 0 aliphatic heterocycles. The van der Waals surface area contributed by atoms with Crippen molar-refractivity contribution in [1.82, 2.24) is 24.9 Å². The molecule has 0 aliphatic rings.